The van der Waals surface area contributed by atoms with Crippen LogP contribution in [0.5, 0.6) is 0 Å². The number of carbonyl (C=O) groups excluding carboxylic acids is 1. The molecule has 0 bridgehead atoms. The average molecular weight is 265 g/mol. The molecule has 1 aliphatic heterocycles. The summed E-state index contributed by atoms with van der Waals surface area (Å²) in [5.41, 5.74) is -1.12. The first-order valence-corrected chi connectivity index (χ1v) is 6.10. The van der Waals surface area contributed by atoms with Crippen LogP contribution in [0.25, 0.3) is 0 Å². The van der Waals surface area contributed by atoms with E-state index in [2.05, 4.69) is 4.42 Å². The largest absolute Gasteiger partial charge is 0.481 e. The molecule has 19 heavy (non-hydrogen) atoms. The topological polar surface area (TPSA) is 87.8 Å². The molecule has 1 aromatic rings. The van der Waals surface area contributed by atoms with E-state index < -0.39 is 17.0 Å². The molecule has 0 saturated carbocycles. The predicted molar refractivity (Wildman–Crippen MR) is 65.9 cm³/mol. The van der Waals surface area contributed by atoms with Crippen LogP contribution in [0, 0.1) is 5.41 Å². The number of likely N-dealkylation sites (tertiary alicyclic amines) is 1. The van der Waals surface area contributed by atoms with E-state index in [1.807, 2.05) is 6.92 Å². The van der Waals surface area contributed by atoms with Gasteiger partial charge in [0.05, 0.1) is 11.0 Å². The summed E-state index contributed by atoms with van der Waals surface area (Å²) in [4.78, 5) is 35.8. The molecular formula is C13H15NO5. The number of carbonyl (C=O) groups is 2. The Balaban J connectivity index is 2.17. The average Bonchev–Trinajstić information content (AvgIpc) is 2.84. The van der Waals surface area contributed by atoms with Gasteiger partial charge in [0.15, 0.2) is 0 Å². The SMILES string of the molecule is CCC1(C(=O)O)CCN(C(=O)c2ccc(=O)oc2)C1. The van der Waals surface area contributed by atoms with Gasteiger partial charge >= 0.3 is 11.6 Å². The fourth-order valence-corrected chi connectivity index (χ4v) is 2.32. The molecule has 102 valence electrons. The minimum absolute atomic E-state index is 0.191. The molecule has 1 aromatic heterocycles. The van der Waals surface area contributed by atoms with Crippen molar-refractivity contribution >= 4 is 11.9 Å². The minimum Gasteiger partial charge on any atom is -0.481 e. The number of rotatable bonds is 3. The van der Waals surface area contributed by atoms with Crippen LogP contribution >= 0.6 is 0 Å². The van der Waals surface area contributed by atoms with Crippen LogP contribution in [-0.4, -0.2) is 35.0 Å². The molecule has 1 N–H and O–H groups in total. The molecule has 1 aliphatic rings. The van der Waals surface area contributed by atoms with Crippen LogP contribution in [0.4, 0.5) is 0 Å². The standard InChI is InChI=1S/C13H15NO5/c1-2-13(12(17)18)5-6-14(8-13)11(16)9-3-4-10(15)19-7-9/h3-4,7H,2,5-6,8H2,1H3,(H,17,18). The third kappa shape index (κ3) is 2.38. The Morgan fingerprint density at radius 1 is 1.47 bits per heavy atom. The third-order valence-electron chi connectivity index (χ3n) is 3.72. The lowest BCUT2D eigenvalue weighted by Crippen LogP contribution is -2.36. The van der Waals surface area contributed by atoms with Gasteiger partial charge < -0.3 is 14.4 Å². The zero-order valence-electron chi connectivity index (χ0n) is 10.6. The highest BCUT2D eigenvalue weighted by molar-refractivity contribution is 5.94. The Morgan fingerprint density at radius 2 is 2.21 bits per heavy atom. The first-order chi connectivity index (χ1) is 8.98. The van der Waals surface area contributed by atoms with Crippen LogP contribution in [0.15, 0.2) is 27.6 Å². The Bertz CT molecular complexity index is 544. The first kappa shape index (κ1) is 13.3. The van der Waals surface area contributed by atoms with Gasteiger partial charge in [0, 0.05) is 19.2 Å². The predicted octanol–water partition coefficient (Wildman–Crippen LogP) is 0.967. The number of carboxylic acids is 1. The van der Waals surface area contributed by atoms with Gasteiger partial charge in [0.25, 0.3) is 5.91 Å². The Hall–Kier alpha value is -2.11. The summed E-state index contributed by atoms with van der Waals surface area (Å²) in [5.74, 6) is -1.18. The zero-order valence-corrected chi connectivity index (χ0v) is 10.6. The minimum atomic E-state index is -0.870. The van der Waals surface area contributed by atoms with Gasteiger partial charge in [-0.05, 0) is 18.9 Å². The number of hydrogen-bond acceptors (Lipinski definition) is 4. The molecule has 0 aromatic carbocycles. The number of aliphatic carboxylic acids is 1. The highest BCUT2D eigenvalue weighted by atomic mass is 16.4. The maximum absolute atomic E-state index is 12.2. The van der Waals surface area contributed by atoms with Crippen molar-refractivity contribution < 1.29 is 19.1 Å². The van der Waals surface area contributed by atoms with Crippen molar-refractivity contribution in [3.63, 3.8) is 0 Å². The van der Waals surface area contributed by atoms with E-state index in [0.29, 0.717) is 19.4 Å². The maximum Gasteiger partial charge on any atom is 0.335 e. The number of carboxylic acid groups (broad SMARTS) is 1. The van der Waals surface area contributed by atoms with Gasteiger partial charge in [-0.15, -0.1) is 0 Å². The summed E-state index contributed by atoms with van der Waals surface area (Å²) >= 11 is 0. The van der Waals surface area contributed by atoms with E-state index in [1.165, 1.54) is 17.0 Å². The van der Waals surface area contributed by atoms with Crippen LogP contribution in [0.1, 0.15) is 30.1 Å². The second-order valence-electron chi connectivity index (χ2n) is 4.76. The van der Waals surface area contributed by atoms with Crippen LogP contribution in [0.2, 0.25) is 0 Å². The van der Waals surface area contributed by atoms with Crippen molar-refractivity contribution in [2.24, 2.45) is 5.41 Å². The maximum atomic E-state index is 12.2. The molecule has 1 saturated heterocycles. The molecule has 6 heteroatoms. The van der Waals surface area contributed by atoms with E-state index in [0.717, 1.165) is 6.26 Å². The molecule has 0 spiro atoms. The van der Waals surface area contributed by atoms with Crippen LogP contribution < -0.4 is 5.63 Å². The molecular weight excluding hydrogens is 250 g/mol. The molecule has 1 amide bonds. The highest BCUT2D eigenvalue weighted by Gasteiger charge is 2.44. The molecule has 2 heterocycles. The third-order valence-corrected chi connectivity index (χ3v) is 3.72. The van der Waals surface area contributed by atoms with E-state index in [-0.39, 0.29) is 18.0 Å². The normalized spacial score (nSPS) is 22.5. The smallest absolute Gasteiger partial charge is 0.335 e. The Kier molecular flexibility index (Phi) is 3.42. The summed E-state index contributed by atoms with van der Waals surface area (Å²) in [6.07, 6.45) is 2.04. The number of hydrogen-bond donors (Lipinski definition) is 1. The fraction of sp³-hybridized carbons (Fsp3) is 0.462. The van der Waals surface area contributed by atoms with Crippen molar-refractivity contribution in [3.8, 4) is 0 Å². The summed E-state index contributed by atoms with van der Waals surface area (Å²) in [5, 5.41) is 9.27. The lowest BCUT2D eigenvalue weighted by atomic mass is 9.84. The molecule has 0 radical (unpaired) electrons. The highest BCUT2D eigenvalue weighted by Crippen LogP contribution is 2.34. The number of nitrogens with zero attached hydrogens (tertiary/aromatic N) is 1. The van der Waals surface area contributed by atoms with Gasteiger partial charge in [0.2, 0.25) is 0 Å². The summed E-state index contributed by atoms with van der Waals surface area (Å²) in [7, 11) is 0. The summed E-state index contributed by atoms with van der Waals surface area (Å²) < 4.78 is 4.65. The van der Waals surface area contributed by atoms with Crippen LogP contribution in [0.3, 0.4) is 0 Å². The lowest BCUT2D eigenvalue weighted by Gasteiger charge is -2.22. The second-order valence-corrected chi connectivity index (χ2v) is 4.76. The van der Waals surface area contributed by atoms with Gasteiger partial charge in [-0.2, -0.15) is 0 Å². The lowest BCUT2D eigenvalue weighted by molar-refractivity contribution is -0.148. The van der Waals surface area contributed by atoms with Gasteiger partial charge in [-0.1, -0.05) is 6.92 Å². The van der Waals surface area contributed by atoms with Crippen molar-refractivity contribution in [1.29, 1.82) is 0 Å². The number of amides is 1. The Labute approximate surface area is 109 Å². The van der Waals surface area contributed by atoms with Gasteiger partial charge in [0.1, 0.15) is 6.26 Å². The summed E-state index contributed by atoms with van der Waals surface area (Å²) in [6.45, 7) is 2.40. The van der Waals surface area contributed by atoms with Crippen molar-refractivity contribution in [2.75, 3.05) is 13.1 Å². The Morgan fingerprint density at radius 3 is 2.68 bits per heavy atom. The monoisotopic (exact) mass is 265 g/mol. The molecule has 1 unspecified atom stereocenters. The van der Waals surface area contributed by atoms with E-state index in [1.54, 1.807) is 0 Å². The van der Waals surface area contributed by atoms with Crippen molar-refractivity contribution in [3.05, 3.63) is 34.4 Å². The van der Waals surface area contributed by atoms with E-state index in [9.17, 15) is 19.5 Å². The quantitative estimate of drug-likeness (QED) is 0.879. The molecule has 2 rings (SSSR count). The first-order valence-electron chi connectivity index (χ1n) is 6.10. The molecule has 0 aliphatic carbocycles. The van der Waals surface area contributed by atoms with Crippen LogP contribution in [-0.2, 0) is 4.79 Å². The van der Waals surface area contributed by atoms with Crippen molar-refractivity contribution in [1.82, 2.24) is 4.90 Å². The van der Waals surface area contributed by atoms with E-state index >= 15 is 0 Å². The molecule has 6 nitrogen and oxygen atoms in total. The fourth-order valence-electron chi connectivity index (χ4n) is 2.32. The van der Waals surface area contributed by atoms with Crippen molar-refractivity contribution in [2.45, 2.75) is 19.8 Å². The second kappa shape index (κ2) is 4.87. The van der Waals surface area contributed by atoms with Gasteiger partial charge in [-0.3, -0.25) is 9.59 Å². The molecule has 1 atom stereocenters. The molecule has 1 fully saturated rings. The summed E-state index contributed by atoms with van der Waals surface area (Å²) in [6, 6.07) is 2.56. The van der Waals surface area contributed by atoms with E-state index in [4.69, 9.17) is 0 Å². The van der Waals surface area contributed by atoms with Gasteiger partial charge in [-0.25, -0.2) is 4.79 Å². The zero-order chi connectivity index (χ0) is 14.0.